The largest absolute Gasteiger partial charge is 0.370 e. The Morgan fingerprint density at radius 1 is 0.917 bits per heavy atom. The molecule has 6 rings (SSSR count). The number of nitrogens with zero attached hydrogens (tertiary/aromatic N) is 3. The van der Waals surface area contributed by atoms with E-state index >= 15 is 0 Å². The van der Waals surface area contributed by atoms with Gasteiger partial charge in [-0.25, -0.2) is 9.97 Å². The summed E-state index contributed by atoms with van der Waals surface area (Å²) in [6.45, 7) is 3.70. The third-order valence-electron chi connectivity index (χ3n) is 8.01. The minimum Gasteiger partial charge on any atom is -0.370 e. The highest BCUT2D eigenvalue weighted by molar-refractivity contribution is 5.94. The highest BCUT2D eigenvalue weighted by Gasteiger charge is 2.58. The lowest BCUT2D eigenvalue weighted by atomic mass is 9.49. The van der Waals surface area contributed by atoms with Gasteiger partial charge in [0.25, 0.3) is 11.8 Å². The van der Waals surface area contributed by atoms with E-state index in [1.807, 2.05) is 31.2 Å². The van der Waals surface area contributed by atoms with E-state index in [0.29, 0.717) is 23.2 Å². The number of aryl methyl sites for hydroxylation is 1. The molecular weight excluding hydrogens is 452 g/mol. The monoisotopic (exact) mass is 490 g/mol. The van der Waals surface area contributed by atoms with Crippen LogP contribution in [0.5, 0.6) is 0 Å². The first kappa shape index (κ1) is 24.7. The molecule has 8 nitrogen and oxygen atoms in total. The van der Waals surface area contributed by atoms with Crippen LogP contribution in [0.25, 0.3) is 0 Å². The second-order valence-electron chi connectivity index (χ2n) is 11.6. The molecule has 2 heterocycles. The normalized spacial score (nSPS) is 28.2. The molecule has 8 heteroatoms. The summed E-state index contributed by atoms with van der Waals surface area (Å²) in [7, 11) is 4.12. The minimum atomic E-state index is -0.300. The van der Waals surface area contributed by atoms with E-state index in [1.54, 1.807) is 12.1 Å². The van der Waals surface area contributed by atoms with Gasteiger partial charge in [0, 0.05) is 23.3 Å². The van der Waals surface area contributed by atoms with Crippen molar-refractivity contribution < 1.29 is 9.59 Å². The number of anilines is 1. The zero-order valence-electron chi connectivity index (χ0n) is 21.6. The topological polar surface area (TPSA) is 99.2 Å². The molecule has 0 spiro atoms. The molecule has 2 atom stereocenters. The zero-order valence-corrected chi connectivity index (χ0v) is 21.6. The smallest absolute Gasteiger partial charge is 0.270 e. The molecule has 36 heavy (non-hydrogen) atoms. The maximum absolute atomic E-state index is 13.4. The first-order valence-electron chi connectivity index (χ1n) is 13.2. The van der Waals surface area contributed by atoms with Gasteiger partial charge in [0.05, 0.1) is 0 Å². The van der Waals surface area contributed by atoms with E-state index in [-0.39, 0.29) is 22.9 Å². The van der Waals surface area contributed by atoms with Gasteiger partial charge < -0.3 is 20.9 Å². The quantitative estimate of drug-likeness (QED) is 0.466. The van der Waals surface area contributed by atoms with Gasteiger partial charge in [-0.2, -0.15) is 0 Å². The number of hydrogen-bond donors (Lipinski definition) is 3. The van der Waals surface area contributed by atoms with Crippen LogP contribution in [0.1, 0.15) is 71.6 Å². The van der Waals surface area contributed by atoms with Crippen LogP contribution in [-0.2, 0) is 0 Å². The van der Waals surface area contributed by atoms with Gasteiger partial charge in [0.15, 0.2) is 0 Å². The van der Waals surface area contributed by atoms with Crippen molar-refractivity contribution in [2.75, 3.05) is 32.5 Å². The van der Waals surface area contributed by atoms with Crippen LogP contribution in [0.2, 0.25) is 0 Å². The third kappa shape index (κ3) is 5.38. The summed E-state index contributed by atoms with van der Waals surface area (Å²) in [5.41, 5.74) is 1.14. The molecule has 4 saturated carbocycles. The van der Waals surface area contributed by atoms with Gasteiger partial charge in [-0.05, 0) is 109 Å². The number of pyridine rings is 2. The summed E-state index contributed by atoms with van der Waals surface area (Å²) in [4.78, 5) is 37.7. The molecule has 0 aliphatic heterocycles. The Morgan fingerprint density at radius 2 is 1.50 bits per heavy atom. The standard InChI is InChI=1S/C28H38N6O2/c1-19-7-4-8-22(30-19)25(35)32-27-14-20-13-21(15-27)17-28(16-20,18-27)33-26(36)23-9-5-10-24(31-23)29-11-6-12-34(2)3/h4-5,7-10,20-21H,6,11-18H2,1-3H3,(H,29,31)(H,32,35)(H,33,36). The van der Waals surface area contributed by atoms with Crippen molar-refractivity contribution in [3.8, 4) is 0 Å². The van der Waals surface area contributed by atoms with Crippen molar-refractivity contribution in [1.29, 1.82) is 0 Å². The number of rotatable bonds is 9. The summed E-state index contributed by atoms with van der Waals surface area (Å²) in [6, 6.07) is 11.1. The molecule has 0 saturated heterocycles. The van der Waals surface area contributed by atoms with Crippen molar-refractivity contribution in [3.05, 3.63) is 53.5 Å². The average molecular weight is 491 g/mol. The van der Waals surface area contributed by atoms with E-state index in [2.05, 4.69) is 44.9 Å². The number of nitrogens with one attached hydrogen (secondary N) is 3. The Labute approximate surface area is 213 Å². The van der Waals surface area contributed by atoms with E-state index in [4.69, 9.17) is 0 Å². The SMILES string of the molecule is Cc1cccc(C(=O)NC23CC4CC(C2)CC(NC(=O)c2cccc(NCCCN(C)C)n2)(C4)C3)n1. The van der Waals surface area contributed by atoms with Gasteiger partial charge in [-0.3, -0.25) is 9.59 Å². The maximum Gasteiger partial charge on any atom is 0.270 e. The summed E-state index contributed by atoms with van der Waals surface area (Å²) in [5, 5.41) is 10.1. The molecule has 4 fully saturated rings. The van der Waals surface area contributed by atoms with E-state index in [9.17, 15) is 9.59 Å². The number of carbonyl (C=O) groups is 2. The maximum atomic E-state index is 13.4. The lowest BCUT2D eigenvalue weighted by Crippen LogP contribution is -2.70. The highest BCUT2D eigenvalue weighted by atomic mass is 16.2. The highest BCUT2D eigenvalue weighted by Crippen LogP contribution is 2.57. The van der Waals surface area contributed by atoms with Crippen molar-refractivity contribution in [2.24, 2.45) is 11.8 Å². The molecule has 4 aliphatic carbocycles. The van der Waals surface area contributed by atoms with Crippen LogP contribution >= 0.6 is 0 Å². The van der Waals surface area contributed by atoms with Gasteiger partial charge in [-0.15, -0.1) is 0 Å². The number of carbonyl (C=O) groups excluding carboxylic acids is 2. The lowest BCUT2D eigenvalue weighted by Gasteiger charge is -2.62. The predicted molar refractivity (Wildman–Crippen MR) is 140 cm³/mol. The molecule has 0 aromatic carbocycles. The summed E-state index contributed by atoms with van der Waals surface area (Å²) >= 11 is 0. The number of aromatic nitrogens is 2. The molecule has 192 valence electrons. The van der Waals surface area contributed by atoms with Crippen LogP contribution < -0.4 is 16.0 Å². The number of hydrogen-bond acceptors (Lipinski definition) is 6. The zero-order chi connectivity index (χ0) is 25.3. The van der Waals surface area contributed by atoms with Crippen molar-refractivity contribution in [1.82, 2.24) is 25.5 Å². The van der Waals surface area contributed by atoms with Gasteiger partial charge in [0.2, 0.25) is 0 Å². The number of amides is 2. The molecule has 2 aromatic rings. The lowest BCUT2D eigenvalue weighted by molar-refractivity contribution is -0.0449. The Bertz CT molecular complexity index is 1120. The van der Waals surface area contributed by atoms with E-state index in [0.717, 1.165) is 63.1 Å². The van der Waals surface area contributed by atoms with Crippen molar-refractivity contribution in [2.45, 2.75) is 62.9 Å². The molecule has 4 aliphatic rings. The summed E-state index contributed by atoms with van der Waals surface area (Å²) < 4.78 is 0. The molecular formula is C28H38N6O2. The molecule has 2 amide bonds. The van der Waals surface area contributed by atoms with Crippen LogP contribution in [0.4, 0.5) is 5.82 Å². The molecule has 0 radical (unpaired) electrons. The predicted octanol–water partition coefficient (Wildman–Crippen LogP) is 3.40. The Morgan fingerprint density at radius 3 is 2.08 bits per heavy atom. The molecule has 3 N–H and O–H groups in total. The van der Waals surface area contributed by atoms with Crippen molar-refractivity contribution in [3.63, 3.8) is 0 Å². The summed E-state index contributed by atoms with van der Waals surface area (Å²) in [5.74, 6) is 1.50. The fourth-order valence-electron chi connectivity index (χ4n) is 7.11. The van der Waals surface area contributed by atoms with E-state index < -0.39 is 0 Å². The average Bonchev–Trinajstić information content (AvgIpc) is 2.80. The van der Waals surface area contributed by atoms with Gasteiger partial charge in [0.1, 0.15) is 17.2 Å². The van der Waals surface area contributed by atoms with Crippen LogP contribution in [-0.4, -0.2) is 64.9 Å². The molecule has 4 bridgehead atoms. The van der Waals surface area contributed by atoms with Crippen molar-refractivity contribution >= 4 is 17.6 Å². The second kappa shape index (κ2) is 9.81. The first-order chi connectivity index (χ1) is 17.2. The van der Waals surface area contributed by atoms with Gasteiger partial charge >= 0.3 is 0 Å². The third-order valence-corrected chi connectivity index (χ3v) is 8.01. The van der Waals surface area contributed by atoms with E-state index in [1.165, 1.54) is 6.42 Å². The fourth-order valence-corrected chi connectivity index (χ4v) is 7.11. The van der Waals surface area contributed by atoms with Crippen LogP contribution in [0, 0.1) is 18.8 Å². The molecule has 2 aromatic heterocycles. The van der Waals surface area contributed by atoms with Crippen LogP contribution in [0.15, 0.2) is 36.4 Å². The Hall–Kier alpha value is -3.00. The minimum absolute atomic E-state index is 0.114. The Balaban J connectivity index is 1.27. The fraction of sp³-hybridized carbons (Fsp3) is 0.571. The van der Waals surface area contributed by atoms with Gasteiger partial charge in [-0.1, -0.05) is 12.1 Å². The second-order valence-corrected chi connectivity index (χ2v) is 11.6. The summed E-state index contributed by atoms with van der Waals surface area (Å²) in [6.07, 6.45) is 6.84. The molecule has 2 unspecified atom stereocenters. The Kier molecular flexibility index (Phi) is 6.72. The van der Waals surface area contributed by atoms with Crippen LogP contribution in [0.3, 0.4) is 0 Å². The first-order valence-corrected chi connectivity index (χ1v) is 13.2.